The topological polar surface area (TPSA) is 38.0 Å². The molecule has 1 unspecified atom stereocenters. The lowest BCUT2D eigenvalue weighted by atomic mass is 9.86. The predicted molar refractivity (Wildman–Crippen MR) is 60.4 cm³/mol. The molecule has 1 saturated carbocycles. The highest BCUT2D eigenvalue weighted by molar-refractivity contribution is 5.43. The highest BCUT2D eigenvalue weighted by atomic mass is 19.4. The summed E-state index contributed by atoms with van der Waals surface area (Å²) >= 11 is 0. The number of nitrogens with one attached hydrogen (secondary N) is 1. The molecule has 1 atom stereocenters. The summed E-state index contributed by atoms with van der Waals surface area (Å²) in [7, 11) is 1.79. The quantitative estimate of drug-likeness (QED) is 0.800. The molecule has 0 bridgehead atoms. The first kappa shape index (κ1) is 12.6. The van der Waals surface area contributed by atoms with Crippen molar-refractivity contribution in [3.05, 3.63) is 23.3 Å². The van der Waals surface area contributed by atoms with E-state index in [1.807, 2.05) is 6.08 Å². The number of halogens is 3. The van der Waals surface area contributed by atoms with Crippen LogP contribution in [0.4, 0.5) is 13.2 Å². The van der Waals surface area contributed by atoms with Crippen LogP contribution in [0.3, 0.4) is 0 Å². The molecular weight excluding hydrogens is 229 g/mol. The van der Waals surface area contributed by atoms with Gasteiger partial charge in [-0.05, 0) is 50.4 Å². The minimum absolute atomic E-state index is 0.00327. The summed E-state index contributed by atoms with van der Waals surface area (Å²) in [6.07, 6.45) is 0.761. The van der Waals surface area contributed by atoms with Crippen molar-refractivity contribution in [1.82, 2.24) is 5.32 Å². The lowest BCUT2D eigenvalue weighted by molar-refractivity contribution is -0.0951. The van der Waals surface area contributed by atoms with Gasteiger partial charge >= 0.3 is 6.18 Å². The average Bonchev–Trinajstić information content (AvgIpc) is 3.08. The van der Waals surface area contributed by atoms with E-state index >= 15 is 0 Å². The molecule has 0 heterocycles. The van der Waals surface area contributed by atoms with Gasteiger partial charge in [0.2, 0.25) is 0 Å². The van der Waals surface area contributed by atoms with Crippen molar-refractivity contribution < 1.29 is 13.2 Å². The molecule has 2 nitrogen and oxygen atoms in total. The van der Waals surface area contributed by atoms with E-state index in [1.165, 1.54) is 6.08 Å². The van der Waals surface area contributed by atoms with Crippen molar-refractivity contribution in [3.63, 3.8) is 0 Å². The maximum absolute atomic E-state index is 12.8. The third-order valence-electron chi connectivity index (χ3n) is 3.68. The lowest BCUT2D eigenvalue weighted by Crippen LogP contribution is -2.32. The largest absolute Gasteiger partial charge is 0.412 e. The summed E-state index contributed by atoms with van der Waals surface area (Å²) in [6, 6.07) is 0. The van der Waals surface area contributed by atoms with Crippen LogP contribution in [0.2, 0.25) is 0 Å². The van der Waals surface area contributed by atoms with Gasteiger partial charge in [0.1, 0.15) is 0 Å². The van der Waals surface area contributed by atoms with Gasteiger partial charge < -0.3 is 11.1 Å². The summed E-state index contributed by atoms with van der Waals surface area (Å²) < 4.78 is 38.3. The zero-order valence-corrected chi connectivity index (χ0v) is 9.77. The Morgan fingerprint density at radius 1 is 1.47 bits per heavy atom. The molecule has 17 heavy (non-hydrogen) atoms. The first-order chi connectivity index (χ1) is 7.91. The summed E-state index contributed by atoms with van der Waals surface area (Å²) in [4.78, 5) is 0. The Morgan fingerprint density at radius 2 is 2.12 bits per heavy atom. The number of allylic oxidation sites excluding steroid dienone is 1. The van der Waals surface area contributed by atoms with Crippen LogP contribution < -0.4 is 11.1 Å². The first-order valence-corrected chi connectivity index (χ1v) is 5.80. The molecule has 0 radical (unpaired) electrons. The van der Waals surface area contributed by atoms with Crippen LogP contribution >= 0.6 is 0 Å². The Labute approximate surface area is 98.7 Å². The van der Waals surface area contributed by atoms with Crippen LogP contribution in [0.1, 0.15) is 19.3 Å². The third kappa shape index (κ3) is 2.40. The van der Waals surface area contributed by atoms with Crippen molar-refractivity contribution in [2.45, 2.75) is 31.0 Å². The molecule has 1 fully saturated rings. The molecule has 0 spiro atoms. The van der Waals surface area contributed by atoms with E-state index in [4.69, 9.17) is 5.73 Å². The Kier molecular flexibility index (Phi) is 3.08. The Balaban J connectivity index is 2.30. The average molecular weight is 246 g/mol. The standard InChI is InChI=1S/C12H17F3N2/c1-17-11(2-3-11)9-4-8(7-16)5-10(6-9)12(13,14)15/h4,6,8,17H,2-3,5,7,16H2,1H3. The molecule has 2 aliphatic rings. The van der Waals surface area contributed by atoms with Gasteiger partial charge in [0, 0.05) is 11.1 Å². The SMILES string of the molecule is CNC1(C2=CC(CN)CC(C(F)(F)F)=C2)CC1. The number of nitrogens with two attached hydrogens (primary N) is 1. The fourth-order valence-corrected chi connectivity index (χ4v) is 2.34. The zero-order chi connectivity index (χ0) is 12.7. The highest BCUT2D eigenvalue weighted by Gasteiger charge is 2.46. The Morgan fingerprint density at radius 3 is 2.53 bits per heavy atom. The van der Waals surface area contributed by atoms with Crippen molar-refractivity contribution in [3.8, 4) is 0 Å². The van der Waals surface area contributed by atoms with E-state index in [0.29, 0.717) is 0 Å². The normalized spacial score (nSPS) is 27.5. The van der Waals surface area contributed by atoms with Gasteiger partial charge in [0.05, 0.1) is 0 Å². The molecular formula is C12H17F3N2. The molecule has 2 rings (SSSR count). The van der Waals surface area contributed by atoms with E-state index in [0.717, 1.165) is 18.4 Å². The fraction of sp³-hybridized carbons (Fsp3) is 0.667. The molecule has 5 heteroatoms. The minimum Gasteiger partial charge on any atom is -0.330 e. The summed E-state index contributed by atoms with van der Waals surface area (Å²) in [5.41, 5.74) is 5.59. The number of alkyl halides is 3. The van der Waals surface area contributed by atoms with Gasteiger partial charge in [-0.1, -0.05) is 6.08 Å². The maximum atomic E-state index is 12.8. The Hall–Kier alpha value is -0.810. The van der Waals surface area contributed by atoms with Crippen LogP contribution in [0.5, 0.6) is 0 Å². The molecule has 3 N–H and O–H groups in total. The van der Waals surface area contributed by atoms with Crippen LogP contribution in [0, 0.1) is 5.92 Å². The number of hydrogen-bond acceptors (Lipinski definition) is 2. The Bertz CT molecular complexity index is 364. The van der Waals surface area contributed by atoms with Gasteiger partial charge in [0.25, 0.3) is 0 Å². The van der Waals surface area contributed by atoms with Crippen LogP contribution in [0.25, 0.3) is 0 Å². The predicted octanol–water partition coefficient (Wildman–Crippen LogP) is 2.13. The lowest BCUT2D eigenvalue weighted by Gasteiger charge is -2.26. The van der Waals surface area contributed by atoms with E-state index in [2.05, 4.69) is 5.32 Å². The van der Waals surface area contributed by atoms with Crippen molar-refractivity contribution in [2.75, 3.05) is 13.6 Å². The van der Waals surface area contributed by atoms with Crippen LogP contribution in [-0.2, 0) is 0 Å². The zero-order valence-electron chi connectivity index (χ0n) is 9.77. The van der Waals surface area contributed by atoms with Crippen molar-refractivity contribution in [2.24, 2.45) is 11.7 Å². The molecule has 0 aromatic carbocycles. The molecule has 0 aromatic rings. The van der Waals surface area contributed by atoms with Gasteiger partial charge in [-0.3, -0.25) is 0 Å². The highest BCUT2D eigenvalue weighted by Crippen LogP contribution is 2.46. The molecule has 96 valence electrons. The third-order valence-corrected chi connectivity index (χ3v) is 3.68. The van der Waals surface area contributed by atoms with Crippen molar-refractivity contribution >= 4 is 0 Å². The van der Waals surface area contributed by atoms with E-state index in [-0.39, 0.29) is 24.4 Å². The molecule has 0 aromatic heterocycles. The molecule has 0 aliphatic heterocycles. The summed E-state index contributed by atoms with van der Waals surface area (Å²) in [5, 5.41) is 3.12. The minimum atomic E-state index is -4.24. The second-order valence-corrected chi connectivity index (χ2v) is 4.82. The molecule has 0 saturated heterocycles. The van der Waals surface area contributed by atoms with E-state index in [9.17, 15) is 13.2 Å². The van der Waals surface area contributed by atoms with Crippen molar-refractivity contribution in [1.29, 1.82) is 0 Å². The van der Waals surface area contributed by atoms with Gasteiger partial charge in [-0.2, -0.15) is 13.2 Å². The second-order valence-electron chi connectivity index (χ2n) is 4.82. The summed E-state index contributed by atoms with van der Waals surface area (Å²) in [6.45, 7) is 0.261. The maximum Gasteiger partial charge on any atom is 0.412 e. The molecule has 2 aliphatic carbocycles. The number of likely N-dealkylation sites (N-methyl/N-ethyl adjacent to an activating group) is 1. The fourth-order valence-electron chi connectivity index (χ4n) is 2.34. The summed E-state index contributed by atoms with van der Waals surface area (Å²) in [5.74, 6) is -0.197. The molecule has 0 amide bonds. The monoisotopic (exact) mass is 246 g/mol. The van der Waals surface area contributed by atoms with Crippen LogP contribution in [-0.4, -0.2) is 25.3 Å². The van der Waals surface area contributed by atoms with E-state index in [1.54, 1.807) is 7.05 Å². The first-order valence-electron chi connectivity index (χ1n) is 5.80. The number of rotatable bonds is 3. The smallest absolute Gasteiger partial charge is 0.330 e. The van der Waals surface area contributed by atoms with E-state index < -0.39 is 11.7 Å². The van der Waals surface area contributed by atoms with Crippen LogP contribution in [0.15, 0.2) is 23.3 Å². The number of hydrogen-bond donors (Lipinski definition) is 2. The van der Waals surface area contributed by atoms with Gasteiger partial charge in [-0.15, -0.1) is 0 Å². The van der Waals surface area contributed by atoms with Gasteiger partial charge in [-0.25, -0.2) is 0 Å². The second kappa shape index (κ2) is 4.14. The van der Waals surface area contributed by atoms with Gasteiger partial charge in [0.15, 0.2) is 0 Å².